The molecule has 5 heteroatoms. The number of hydrogen-bond donors (Lipinski definition) is 0. The number of hydrogen-bond acceptors (Lipinski definition) is 3. The molecule has 0 amide bonds. The summed E-state index contributed by atoms with van der Waals surface area (Å²) in [6, 6.07) is 8.11. The van der Waals surface area contributed by atoms with Gasteiger partial charge in [0.1, 0.15) is 0 Å². The molecule has 3 rings (SSSR count). The van der Waals surface area contributed by atoms with Crippen molar-refractivity contribution in [3.8, 4) is 0 Å². The smallest absolute Gasteiger partial charge is 0.153 e. The van der Waals surface area contributed by atoms with Crippen molar-refractivity contribution in [2.24, 2.45) is 7.05 Å². The Morgan fingerprint density at radius 2 is 1.95 bits per heavy atom. The Balaban J connectivity index is 2.08. The van der Waals surface area contributed by atoms with Crippen molar-refractivity contribution in [2.75, 3.05) is 0 Å². The Hall–Kier alpha value is -2.43. The molecule has 2 aromatic heterocycles. The molecule has 0 aliphatic heterocycles. The van der Waals surface area contributed by atoms with Gasteiger partial charge in [-0.2, -0.15) is 10.2 Å². The Kier molecular flexibility index (Phi) is 2.89. The van der Waals surface area contributed by atoms with Crippen LogP contribution in [-0.2, 0) is 13.6 Å². The van der Waals surface area contributed by atoms with Crippen molar-refractivity contribution < 1.29 is 4.79 Å². The molecule has 0 unspecified atom stereocenters. The van der Waals surface area contributed by atoms with E-state index in [2.05, 4.69) is 16.3 Å². The fourth-order valence-corrected chi connectivity index (χ4v) is 2.58. The molecule has 0 radical (unpaired) electrons. The lowest BCUT2D eigenvalue weighted by molar-refractivity contribution is 0.112. The third-order valence-electron chi connectivity index (χ3n) is 3.69. The largest absolute Gasteiger partial charge is 0.298 e. The maximum atomic E-state index is 11.1. The van der Waals surface area contributed by atoms with Crippen molar-refractivity contribution in [2.45, 2.75) is 20.4 Å². The quantitative estimate of drug-likeness (QED) is 0.685. The molecular formula is C15H16N4O. The van der Waals surface area contributed by atoms with Gasteiger partial charge in [-0.05, 0) is 19.9 Å². The van der Waals surface area contributed by atoms with Crippen LogP contribution < -0.4 is 0 Å². The van der Waals surface area contributed by atoms with E-state index in [4.69, 9.17) is 0 Å². The molecule has 0 aliphatic rings. The van der Waals surface area contributed by atoms with Gasteiger partial charge in [0.25, 0.3) is 0 Å². The van der Waals surface area contributed by atoms with E-state index in [9.17, 15) is 4.79 Å². The van der Waals surface area contributed by atoms with Crippen LogP contribution in [0.3, 0.4) is 0 Å². The van der Waals surface area contributed by atoms with E-state index in [0.717, 1.165) is 34.3 Å². The second-order valence-electron chi connectivity index (χ2n) is 4.95. The molecule has 0 aliphatic carbocycles. The van der Waals surface area contributed by atoms with Gasteiger partial charge in [0.2, 0.25) is 0 Å². The second-order valence-corrected chi connectivity index (χ2v) is 4.95. The van der Waals surface area contributed by atoms with E-state index in [1.165, 1.54) is 0 Å². The average molecular weight is 268 g/mol. The topological polar surface area (TPSA) is 52.7 Å². The van der Waals surface area contributed by atoms with Crippen molar-refractivity contribution >= 4 is 17.2 Å². The highest BCUT2D eigenvalue weighted by molar-refractivity contribution is 5.82. The number of para-hydroxylation sites is 1. The first-order chi connectivity index (χ1) is 9.61. The minimum absolute atomic E-state index is 0.571. The summed E-state index contributed by atoms with van der Waals surface area (Å²) < 4.78 is 3.71. The first-order valence-corrected chi connectivity index (χ1v) is 6.51. The third kappa shape index (κ3) is 1.82. The number of rotatable bonds is 3. The van der Waals surface area contributed by atoms with Crippen LogP contribution in [-0.4, -0.2) is 25.8 Å². The van der Waals surface area contributed by atoms with Gasteiger partial charge in [0.05, 0.1) is 29.0 Å². The third-order valence-corrected chi connectivity index (χ3v) is 3.69. The van der Waals surface area contributed by atoms with Gasteiger partial charge >= 0.3 is 0 Å². The van der Waals surface area contributed by atoms with Crippen LogP contribution in [0.2, 0.25) is 0 Å². The lowest BCUT2D eigenvalue weighted by Gasteiger charge is -2.02. The summed E-state index contributed by atoms with van der Waals surface area (Å²) in [5.41, 5.74) is 4.38. The molecule has 0 bridgehead atoms. The van der Waals surface area contributed by atoms with Gasteiger partial charge in [0, 0.05) is 18.1 Å². The summed E-state index contributed by atoms with van der Waals surface area (Å²) >= 11 is 0. The second kappa shape index (κ2) is 4.59. The van der Waals surface area contributed by atoms with Gasteiger partial charge in [0.15, 0.2) is 6.29 Å². The molecule has 20 heavy (non-hydrogen) atoms. The SMILES string of the molecule is Cc1nn(Cc2nn(C)c3ccccc23)c(C)c1C=O. The Morgan fingerprint density at radius 1 is 1.20 bits per heavy atom. The number of benzene rings is 1. The summed E-state index contributed by atoms with van der Waals surface area (Å²) in [5, 5.41) is 10.1. The first kappa shape index (κ1) is 12.6. The minimum Gasteiger partial charge on any atom is -0.298 e. The van der Waals surface area contributed by atoms with Crippen molar-refractivity contribution in [3.63, 3.8) is 0 Å². The molecule has 2 heterocycles. The lowest BCUT2D eigenvalue weighted by Crippen LogP contribution is -2.05. The summed E-state index contributed by atoms with van der Waals surface area (Å²) in [7, 11) is 1.93. The van der Waals surface area contributed by atoms with Crippen LogP contribution >= 0.6 is 0 Å². The predicted molar refractivity (Wildman–Crippen MR) is 76.9 cm³/mol. The number of nitrogens with zero attached hydrogens (tertiary/aromatic N) is 4. The Morgan fingerprint density at radius 3 is 2.65 bits per heavy atom. The average Bonchev–Trinajstić information content (AvgIpc) is 2.89. The highest BCUT2D eigenvalue weighted by Crippen LogP contribution is 2.19. The van der Waals surface area contributed by atoms with Gasteiger partial charge in [-0.1, -0.05) is 18.2 Å². The highest BCUT2D eigenvalue weighted by atomic mass is 16.1. The number of carbonyl (C=O) groups is 1. The predicted octanol–water partition coefficient (Wildman–Crippen LogP) is 2.25. The number of aromatic nitrogens is 4. The van der Waals surface area contributed by atoms with Crippen molar-refractivity contribution in [1.82, 2.24) is 19.6 Å². The molecule has 102 valence electrons. The maximum Gasteiger partial charge on any atom is 0.153 e. The summed E-state index contributed by atoms with van der Waals surface area (Å²) in [6.45, 7) is 4.33. The molecule has 5 nitrogen and oxygen atoms in total. The zero-order chi connectivity index (χ0) is 14.3. The fourth-order valence-electron chi connectivity index (χ4n) is 2.58. The van der Waals surface area contributed by atoms with Crippen LogP contribution in [0, 0.1) is 13.8 Å². The van der Waals surface area contributed by atoms with Crippen molar-refractivity contribution in [1.29, 1.82) is 0 Å². The normalized spacial score (nSPS) is 11.2. The first-order valence-electron chi connectivity index (χ1n) is 6.51. The van der Waals surface area contributed by atoms with E-state index < -0.39 is 0 Å². The molecule has 0 spiro atoms. The maximum absolute atomic E-state index is 11.1. The molecule has 1 aromatic carbocycles. The number of aryl methyl sites for hydroxylation is 2. The fraction of sp³-hybridized carbons (Fsp3) is 0.267. The molecule has 0 saturated carbocycles. The van der Waals surface area contributed by atoms with Crippen LogP contribution in [0.1, 0.15) is 27.4 Å². The van der Waals surface area contributed by atoms with E-state index in [-0.39, 0.29) is 0 Å². The lowest BCUT2D eigenvalue weighted by atomic mass is 10.2. The standard InChI is InChI=1S/C15H16N4O/c1-10-13(9-20)11(2)19(16-10)8-14-12-6-4-5-7-15(12)18(3)17-14/h4-7,9H,8H2,1-3H3. The Labute approximate surface area is 116 Å². The summed E-state index contributed by atoms with van der Waals surface area (Å²) in [5.74, 6) is 0. The zero-order valence-electron chi connectivity index (χ0n) is 11.8. The van der Waals surface area contributed by atoms with Gasteiger partial charge < -0.3 is 0 Å². The van der Waals surface area contributed by atoms with Crippen LogP contribution in [0.15, 0.2) is 24.3 Å². The van der Waals surface area contributed by atoms with Gasteiger partial charge in [-0.15, -0.1) is 0 Å². The zero-order valence-corrected chi connectivity index (χ0v) is 11.8. The van der Waals surface area contributed by atoms with Gasteiger partial charge in [-0.25, -0.2) is 0 Å². The Bertz CT molecular complexity index is 798. The highest BCUT2D eigenvalue weighted by Gasteiger charge is 2.14. The minimum atomic E-state index is 0.571. The van der Waals surface area contributed by atoms with E-state index in [0.29, 0.717) is 12.1 Å². The van der Waals surface area contributed by atoms with Crippen LogP contribution in [0.4, 0.5) is 0 Å². The van der Waals surface area contributed by atoms with Crippen molar-refractivity contribution in [3.05, 3.63) is 46.9 Å². The molecular weight excluding hydrogens is 252 g/mol. The number of aldehydes is 1. The molecule has 3 aromatic rings. The number of fused-ring (bicyclic) bond motifs is 1. The summed E-state index contributed by atoms with van der Waals surface area (Å²) in [6.07, 6.45) is 0.866. The molecule has 0 saturated heterocycles. The monoisotopic (exact) mass is 268 g/mol. The van der Waals surface area contributed by atoms with Gasteiger partial charge in [-0.3, -0.25) is 14.2 Å². The van der Waals surface area contributed by atoms with Crippen LogP contribution in [0.25, 0.3) is 10.9 Å². The molecule has 0 N–H and O–H groups in total. The summed E-state index contributed by atoms with van der Waals surface area (Å²) in [4.78, 5) is 11.1. The van der Waals surface area contributed by atoms with E-state index in [1.807, 2.05) is 48.5 Å². The molecule has 0 atom stereocenters. The van der Waals surface area contributed by atoms with E-state index in [1.54, 1.807) is 0 Å². The number of carbonyl (C=O) groups excluding carboxylic acids is 1. The molecule has 0 fully saturated rings. The van der Waals surface area contributed by atoms with E-state index >= 15 is 0 Å². The van der Waals surface area contributed by atoms with Crippen LogP contribution in [0.5, 0.6) is 0 Å².